The van der Waals surface area contributed by atoms with Crippen LogP contribution in [0.1, 0.15) is 34.0 Å². The zero-order valence-electron chi connectivity index (χ0n) is 19.3. The number of carboxylic acid groups (broad SMARTS) is 1. The maximum atomic E-state index is 13.6. The highest BCUT2D eigenvalue weighted by atomic mass is 32.2. The number of hydrogen-bond donors (Lipinski definition) is 4. The molecule has 1 aliphatic heterocycles. The van der Waals surface area contributed by atoms with E-state index in [1.807, 2.05) is 0 Å². The van der Waals surface area contributed by atoms with Crippen molar-refractivity contribution in [1.82, 2.24) is 5.32 Å². The molecule has 3 aromatic rings. The topological polar surface area (TPSA) is 137 Å². The molecule has 0 aromatic heterocycles. The minimum absolute atomic E-state index is 0.0804. The minimum Gasteiger partial charge on any atom is -0.481 e. The molecule has 10 heteroatoms. The highest BCUT2D eigenvalue weighted by molar-refractivity contribution is 7.91. The van der Waals surface area contributed by atoms with Gasteiger partial charge in [-0.1, -0.05) is 42.5 Å². The number of guanidine groups is 1. The lowest BCUT2D eigenvalue weighted by Gasteiger charge is -2.19. The number of anilines is 2. The average Bonchev–Trinajstić information content (AvgIpc) is 2.89. The van der Waals surface area contributed by atoms with Crippen molar-refractivity contribution in [3.8, 4) is 0 Å². The second kappa shape index (κ2) is 11.0. The number of rotatable bonds is 8. The van der Waals surface area contributed by atoms with Crippen LogP contribution in [-0.4, -0.2) is 44.4 Å². The predicted octanol–water partition coefficient (Wildman–Crippen LogP) is 3.69. The fourth-order valence-electron chi connectivity index (χ4n) is 3.86. The van der Waals surface area contributed by atoms with Crippen molar-refractivity contribution < 1.29 is 23.1 Å². The number of aliphatic imine (C=N–C) groups is 1. The van der Waals surface area contributed by atoms with E-state index in [-0.39, 0.29) is 10.6 Å². The number of amides is 1. The van der Waals surface area contributed by atoms with Crippen molar-refractivity contribution in [2.45, 2.75) is 23.0 Å². The van der Waals surface area contributed by atoms with Gasteiger partial charge in [0.2, 0.25) is 0 Å². The van der Waals surface area contributed by atoms with E-state index in [9.17, 15) is 23.1 Å². The molecule has 9 nitrogen and oxygen atoms in total. The van der Waals surface area contributed by atoms with Gasteiger partial charge in [0.15, 0.2) is 15.8 Å². The van der Waals surface area contributed by atoms with E-state index in [0.29, 0.717) is 17.1 Å². The van der Waals surface area contributed by atoms with Gasteiger partial charge in [-0.25, -0.2) is 8.42 Å². The molecule has 0 saturated heterocycles. The van der Waals surface area contributed by atoms with Crippen molar-refractivity contribution in [2.24, 2.45) is 4.99 Å². The first-order valence-corrected chi connectivity index (χ1v) is 13.0. The summed E-state index contributed by atoms with van der Waals surface area (Å²) < 4.78 is 27.2. The van der Waals surface area contributed by atoms with Crippen molar-refractivity contribution in [3.63, 3.8) is 0 Å². The quantitative estimate of drug-likeness (QED) is 0.366. The van der Waals surface area contributed by atoms with Gasteiger partial charge in [-0.15, -0.1) is 0 Å². The van der Waals surface area contributed by atoms with Crippen LogP contribution < -0.4 is 16.0 Å². The number of carbonyl (C=O) groups is 2. The van der Waals surface area contributed by atoms with Crippen LogP contribution in [0.3, 0.4) is 0 Å². The summed E-state index contributed by atoms with van der Waals surface area (Å²) in [7, 11) is -4.16. The van der Waals surface area contributed by atoms with E-state index in [1.54, 1.807) is 60.7 Å². The molecule has 0 radical (unpaired) electrons. The Kier molecular flexibility index (Phi) is 7.65. The number of para-hydroxylation sites is 1. The van der Waals surface area contributed by atoms with Gasteiger partial charge in [0.1, 0.15) is 5.25 Å². The van der Waals surface area contributed by atoms with Gasteiger partial charge in [-0.3, -0.25) is 14.6 Å². The lowest BCUT2D eigenvalue weighted by Crippen LogP contribution is -2.35. The first-order chi connectivity index (χ1) is 17.3. The number of nitrogens with zero attached hydrogens (tertiary/aromatic N) is 1. The Labute approximate surface area is 209 Å². The first-order valence-electron chi connectivity index (χ1n) is 11.4. The highest BCUT2D eigenvalue weighted by Gasteiger charge is 2.33. The molecule has 1 unspecified atom stereocenters. The number of hydrogen-bond acceptors (Lipinski definition) is 7. The summed E-state index contributed by atoms with van der Waals surface area (Å²) in [6.45, 7) is 1.59. The molecular weight excluding hydrogens is 480 g/mol. The third-order valence-corrected chi connectivity index (χ3v) is 7.81. The molecular formula is C26H26N4O5S. The van der Waals surface area contributed by atoms with Crippen LogP contribution >= 0.6 is 0 Å². The summed E-state index contributed by atoms with van der Waals surface area (Å²) in [6.07, 6.45) is 0.368. The van der Waals surface area contributed by atoms with Crippen LogP contribution in [0, 0.1) is 0 Å². The van der Waals surface area contributed by atoms with Crippen molar-refractivity contribution in [3.05, 3.63) is 90.0 Å². The molecule has 1 aliphatic rings. The molecule has 0 bridgehead atoms. The lowest BCUT2D eigenvalue weighted by atomic mass is 10.1. The molecule has 1 heterocycles. The Morgan fingerprint density at radius 1 is 0.972 bits per heavy atom. The third kappa shape index (κ3) is 5.89. The maximum Gasteiger partial charge on any atom is 0.305 e. The molecule has 4 rings (SSSR count). The van der Waals surface area contributed by atoms with E-state index in [1.165, 1.54) is 18.2 Å². The average molecular weight is 507 g/mol. The highest BCUT2D eigenvalue weighted by Crippen LogP contribution is 2.35. The smallest absolute Gasteiger partial charge is 0.305 e. The fraction of sp³-hybridized carbons (Fsp3) is 0.192. The normalized spacial score (nSPS) is 14.2. The monoisotopic (exact) mass is 506 g/mol. The van der Waals surface area contributed by atoms with E-state index in [2.05, 4.69) is 20.9 Å². The van der Waals surface area contributed by atoms with Crippen molar-refractivity contribution >= 4 is 39.0 Å². The van der Waals surface area contributed by atoms with Crippen molar-refractivity contribution in [2.75, 3.05) is 23.7 Å². The van der Waals surface area contributed by atoms with E-state index < -0.39 is 33.4 Å². The Balaban J connectivity index is 1.57. The summed E-state index contributed by atoms with van der Waals surface area (Å²) in [4.78, 5) is 28.7. The number of carbonyl (C=O) groups excluding carboxylic acids is 1. The lowest BCUT2D eigenvalue weighted by molar-refractivity contribution is -0.137. The van der Waals surface area contributed by atoms with Crippen LogP contribution in [0.2, 0.25) is 0 Å². The summed E-state index contributed by atoms with van der Waals surface area (Å²) >= 11 is 0. The molecule has 1 amide bonds. The molecule has 36 heavy (non-hydrogen) atoms. The van der Waals surface area contributed by atoms with Gasteiger partial charge < -0.3 is 21.1 Å². The van der Waals surface area contributed by atoms with Gasteiger partial charge in [0.25, 0.3) is 5.91 Å². The van der Waals surface area contributed by atoms with Gasteiger partial charge in [0, 0.05) is 24.3 Å². The molecule has 0 saturated carbocycles. The number of carboxylic acids is 1. The van der Waals surface area contributed by atoms with Gasteiger partial charge in [-0.2, -0.15) is 0 Å². The Morgan fingerprint density at radius 2 is 1.67 bits per heavy atom. The Morgan fingerprint density at radius 3 is 2.33 bits per heavy atom. The Hall–Kier alpha value is -4.18. The van der Waals surface area contributed by atoms with Crippen LogP contribution in [-0.2, 0) is 14.6 Å². The Bertz CT molecular complexity index is 1370. The van der Waals surface area contributed by atoms with Crippen molar-refractivity contribution in [1.29, 1.82) is 0 Å². The molecule has 1 atom stereocenters. The predicted molar refractivity (Wildman–Crippen MR) is 138 cm³/mol. The fourth-order valence-corrected chi connectivity index (χ4v) is 5.73. The molecule has 186 valence electrons. The van der Waals surface area contributed by atoms with E-state index in [0.717, 1.165) is 25.2 Å². The van der Waals surface area contributed by atoms with Gasteiger partial charge >= 0.3 is 5.97 Å². The second-order valence-electron chi connectivity index (χ2n) is 8.21. The van der Waals surface area contributed by atoms with Crippen LogP contribution in [0.15, 0.2) is 88.8 Å². The maximum absolute atomic E-state index is 13.6. The number of benzene rings is 3. The van der Waals surface area contributed by atoms with Gasteiger partial charge in [-0.05, 0) is 48.4 Å². The summed E-state index contributed by atoms with van der Waals surface area (Å²) in [6, 6.07) is 20.9. The second-order valence-corrected chi connectivity index (χ2v) is 10.3. The molecule has 0 fully saturated rings. The first kappa shape index (κ1) is 24.9. The number of nitrogens with one attached hydrogen (secondary N) is 3. The van der Waals surface area contributed by atoms with Gasteiger partial charge in [0.05, 0.1) is 17.0 Å². The summed E-state index contributed by atoms with van der Waals surface area (Å²) in [5.74, 6) is -1.06. The molecule has 3 aromatic carbocycles. The largest absolute Gasteiger partial charge is 0.481 e. The zero-order valence-corrected chi connectivity index (χ0v) is 20.2. The van der Waals surface area contributed by atoms with Crippen LogP contribution in [0.25, 0.3) is 0 Å². The van der Waals surface area contributed by atoms with Crippen LogP contribution in [0.4, 0.5) is 11.4 Å². The van der Waals surface area contributed by atoms with Crippen LogP contribution in [0.5, 0.6) is 0 Å². The SMILES string of the molecule is O=C(O)CC(c1ccccc1)S(=O)(=O)c1ccccc1NC(=O)c1ccc(NC2=NCCCN2)cc1. The molecule has 0 spiro atoms. The van der Waals surface area contributed by atoms with E-state index in [4.69, 9.17) is 0 Å². The standard InChI is InChI=1S/C26H26N4O5S/c31-24(32)17-23(18-7-2-1-3-8-18)36(34,35)22-10-5-4-9-21(22)30-25(33)19-11-13-20(14-12-19)29-26-27-15-6-16-28-26/h1-5,7-14,23H,6,15-17H2,(H,30,33)(H,31,32)(H2,27,28,29). The number of aliphatic carboxylic acids is 1. The summed E-state index contributed by atoms with van der Waals surface area (Å²) in [5.41, 5.74) is 1.52. The summed E-state index contributed by atoms with van der Waals surface area (Å²) in [5, 5.41) is 17.1. The zero-order chi connectivity index (χ0) is 25.5. The molecule has 4 N–H and O–H groups in total. The minimum atomic E-state index is -4.16. The molecule has 0 aliphatic carbocycles. The number of sulfone groups is 1. The van der Waals surface area contributed by atoms with E-state index >= 15 is 0 Å². The third-order valence-electron chi connectivity index (χ3n) is 5.65.